The molecule has 2 amide bonds. The molecule has 2 rings (SSSR count). The lowest BCUT2D eigenvalue weighted by atomic mass is 10.1. The van der Waals surface area contributed by atoms with E-state index in [1.54, 1.807) is 24.3 Å². The molecule has 2 N–H and O–H groups in total. The SMILES string of the molecule is COc1ccc(C=CC(=O)N[C@@H](C)C(=O)OCC(=O)Nc2ccc([N+](=O)[O-])cc2C(F)(F)F)cc1. The number of hydrogen-bond donors (Lipinski definition) is 2. The zero-order chi connectivity index (χ0) is 26.2. The lowest BCUT2D eigenvalue weighted by Gasteiger charge is -2.15. The first-order valence-electron chi connectivity index (χ1n) is 9.85. The Labute approximate surface area is 196 Å². The minimum atomic E-state index is -4.98. The molecule has 2 aromatic rings. The number of ether oxygens (including phenoxy) is 2. The normalized spacial score (nSPS) is 12.0. The van der Waals surface area contributed by atoms with Crippen molar-refractivity contribution in [3.05, 3.63) is 69.8 Å². The van der Waals surface area contributed by atoms with Gasteiger partial charge in [-0.2, -0.15) is 13.2 Å². The number of anilines is 1. The number of carbonyl (C=O) groups is 3. The van der Waals surface area contributed by atoms with Crippen LogP contribution in [0.1, 0.15) is 18.1 Å². The van der Waals surface area contributed by atoms with Gasteiger partial charge in [-0.15, -0.1) is 0 Å². The van der Waals surface area contributed by atoms with Crippen molar-refractivity contribution >= 4 is 35.2 Å². The minimum Gasteiger partial charge on any atom is -0.497 e. The van der Waals surface area contributed by atoms with E-state index in [1.807, 2.05) is 5.32 Å². The van der Waals surface area contributed by atoms with Crippen LogP contribution >= 0.6 is 0 Å². The number of hydrogen-bond acceptors (Lipinski definition) is 7. The van der Waals surface area contributed by atoms with Gasteiger partial charge in [-0.3, -0.25) is 19.7 Å². The Morgan fingerprint density at radius 3 is 2.37 bits per heavy atom. The number of benzene rings is 2. The third-order valence-corrected chi connectivity index (χ3v) is 4.39. The van der Waals surface area contributed by atoms with Gasteiger partial charge in [-0.25, -0.2) is 4.79 Å². The molecule has 0 aliphatic heterocycles. The van der Waals surface area contributed by atoms with Crippen LogP contribution in [0.4, 0.5) is 24.5 Å². The summed E-state index contributed by atoms with van der Waals surface area (Å²) in [6, 6.07) is 7.40. The van der Waals surface area contributed by atoms with Crippen LogP contribution in [-0.2, 0) is 25.3 Å². The zero-order valence-corrected chi connectivity index (χ0v) is 18.4. The molecule has 0 aliphatic carbocycles. The number of nitrogens with one attached hydrogen (secondary N) is 2. The van der Waals surface area contributed by atoms with E-state index in [-0.39, 0.29) is 6.07 Å². The Morgan fingerprint density at radius 1 is 1.14 bits per heavy atom. The molecule has 0 saturated heterocycles. The van der Waals surface area contributed by atoms with Crippen molar-refractivity contribution in [2.24, 2.45) is 0 Å². The van der Waals surface area contributed by atoms with Gasteiger partial charge in [0.15, 0.2) is 6.61 Å². The highest BCUT2D eigenvalue weighted by Crippen LogP contribution is 2.37. The van der Waals surface area contributed by atoms with Crippen molar-refractivity contribution < 1.29 is 42.0 Å². The van der Waals surface area contributed by atoms with Gasteiger partial charge in [0.05, 0.1) is 23.3 Å². The minimum absolute atomic E-state index is 0.276. The molecule has 1 atom stereocenters. The number of esters is 1. The fourth-order valence-corrected chi connectivity index (χ4v) is 2.64. The number of alkyl halides is 3. The van der Waals surface area contributed by atoms with Gasteiger partial charge in [-0.05, 0) is 36.8 Å². The summed E-state index contributed by atoms with van der Waals surface area (Å²) in [5.74, 6) is -2.12. The van der Waals surface area contributed by atoms with Crippen molar-refractivity contribution in [3.63, 3.8) is 0 Å². The third-order valence-electron chi connectivity index (χ3n) is 4.39. The predicted molar refractivity (Wildman–Crippen MR) is 117 cm³/mol. The van der Waals surface area contributed by atoms with E-state index >= 15 is 0 Å². The summed E-state index contributed by atoms with van der Waals surface area (Å²) in [5, 5.41) is 14.9. The van der Waals surface area contributed by atoms with Gasteiger partial charge in [0.2, 0.25) is 5.91 Å². The lowest BCUT2D eigenvalue weighted by Crippen LogP contribution is -2.39. The molecule has 186 valence electrons. The van der Waals surface area contributed by atoms with Crippen LogP contribution < -0.4 is 15.4 Å². The Hall–Kier alpha value is -4.42. The Morgan fingerprint density at radius 2 is 1.80 bits per heavy atom. The highest BCUT2D eigenvalue weighted by molar-refractivity contribution is 5.96. The molecule has 0 heterocycles. The largest absolute Gasteiger partial charge is 0.497 e. The molecule has 10 nitrogen and oxygen atoms in total. The summed E-state index contributed by atoms with van der Waals surface area (Å²) in [6.07, 6.45) is -2.32. The number of methoxy groups -OCH3 is 1. The molecule has 13 heteroatoms. The van der Waals surface area contributed by atoms with Crippen LogP contribution in [0.5, 0.6) is 5.75 Å². The number of halogens is 3. The first-order valence-corrected chi connectivity index (χ1v) is 9.85. The molecule has 0 aromatic heterocycles. The Kier molecular flexibility index (Phi) is 8.91. The fraction of sp³-hybridized carbons (Fsp3) is 0.227. The quantitative estimate of drug-likeness (QED) is 0.236. The van der Waals surface area contributed by atoms with Crippen LogP contribution in [0.25, 0.3) is 6.08 Å². The van der Waals surface area contributed by atoms with Gasteiger partial charge in [0.1, 0.15) is 11.8 Å². The van der Waals surface area contributed by atoms with E-state index in [1.165, 1.54) is 26.2 Å². The zero-order valence-electron chi connectivity index (χ0n) is 18.4. The van der Waals surface area contributed by atoms with E-state index in [0.29, 0.717) is 11.3 Å². The molecule has 0 radical (unpaired) electrons. The maximum absolute atomic E-state index is 13.2. The fourth-order valence-electron chi connectivity index (χ4n) is 2.64. The maximum Gasteiger partial charge on any atom is 0.418 e. The van der Waals surface area contributed by atoms with Crippen molar-refractivity contribution in [2.75, 3.05) is 19.0 Å². The monoisotopic (exact) mass is 495 g/mol. The number of rotatable bonds is 9. The van der Waals surface area contributed by atoms with Crippen molar-refractivity contribution in [1.82, 2.24) is 5.32 Å². The average molecular weight is 495 g/mol. The van der Waals surface area contributed by atoms with Crippen LogP contribution in [0.15, 0.2) is 48.5 Å². The molecule has 0 aliphatic rings. The Bertz CT molecular complexity index is 1130. The van der Waals surface area contributed by atoms with Crippen molar-refractivity contribution in [2.45, 2.75) is 19.1 Å². The van der Waals surface area contributed by atoms with E-state index in [0.717, 1.165) is 12.1 Å². The summed E-state index contributed by atoms with van der Waals surface area (Å²) in [5.41, 5.74) is -2.30. The molecule has 0 saturated carbocycles. The molecule has 0 fully saturated rings. The Balaban J connectivity index is 1.90. The van der Waals surface area contributed by atoms with Crippen LogP contribution in [0, 0.1) is 10.1 Å². The van der Waals surface area contributed by atoms with E-state index in [9.17, 15) is 37.7 Å². The predicted octanol–water partition coefficient (Wildman–Crippen LogP) is 3.32. The van der Waals surface area contributed by atoms with Gasteiger partial charge in [0.25, 0.3) is 11.6 Å². The van der Waals surface area contributed by atoms with Crippen molar-refractivity contribution in [1.29, 1.82) is 0 Å². The second-order valence-electron chi connectivity index (χ2n) is 6.98. The smallest absolute Gasteiger partial charge is 0.418 e. The molecular formula is C22H20F3N3O7. The topological polar surface area (TPSA) is 137 Å². The second kappa shape index (κ2) is 11.6. The number of nitrogens with zero attached hydrogens (tertiary/aromatic N) is 1. The second-order valence-corrected chi connectivity index (χ2v) is 6.98. The number of non-ortho nitro benzene ring substituents is 1. The molecule has 0 bridgehead atoms. The van der Waals surface area contributed by atoms with E-state index < -0.39 is 58.5 Å². The summed E-state index contributed by atoms with van der Waals surface area (Å²) < 4.78 is 49.3. The number of amides is 2. The molecular weight excluding hydrogens is 475 g/mol. The summed E-state index contributed by atoms with van der Waals surface area (Å²) in [7, 11) is 1.51. The number of nitro groups is 1. The molecule has 2 aromatic carbocycles. The summed E-state index contributed by atoms with van der Waals surface area (Å²) in [6.45, 7) is 0.340. The third kappa shape index (κ3) is 8.14. The maximum atomic E-state index is 13.2. The van der Waals surface area contributed by atoms with Gasteiger partial charge in [-0.1, -0.05) is 12.1 Å². The molecule has 0 unspecified atom stereocenters. The van der Waals surface area contributed by atoms with Crippen LogP contribution in [0.3, 0.4) is 0 Å². The lowest BCUT2D eigenvalue weighted by molar-refractivity contribution is -0.385. The van der Waals surface area contributed by atoms with Crippen molar-refractivity contribution in [3.8, 4) is 5.75 Å². The number of nitro benzene ring substituents is 1. The highest BCUT2D eigenvalue weighted by atomic mass is 19.4. The van der Waals surface area contributed by atoms with Crippen LogP contribution in [-0.4, -0.2) is 42.5 Å². The standard InChI is InChI=1S/C22H20F3N3O7/c1-13(26-19(29)10-5-14-3-7-16(34-2)8-4-14)21(31)35-12-20(30)27-18-9-6-15(28(32)33)11-17(18)22(23,24)25/h3-11,13H,12H2,1-2H3,(H,26,29)(H,27,30)/t13-/m0/s1. The average Bonchev–Trinajstić information content (AvgIpc) is 2.80. The van der Waals surface area contributed by atoms with E-state index in [2.05, 4.69) is 5.32 Å². The van der Waals surface area contributed by atoms with Gasteiger partial charge >= 0.3 is 12.1 Å². The highest BCUT2D eigenvalue weighted by Gasteiger charge is 2.35. The molecule has 35 heavy (non-hydrogen) atoms. The van der Waals surface area contributed by atoms with E-state index in [4.69, 9.17) is 9.47 Å². The van der Waals surface area contributed by atoms with Gasteiger partial charge in [0, 0.05) is 18.2 Å². The summed E-state index contributed by atoms with van der Waals surface area (Å²) in [4.78, 5) is 45.7. The van der Waals surface area contributed by atoms with Crippen LogP contribution in [0.2, 0.25) is 0 Å². The number of carbonyl (C=O) groups excluding carboxylic acids is 3. The first kappa shape index (κ1) is 26.8. The molecule has 0 spiro atoms. The van der Waals surface area contributed by atoms with Gasteiger partial charge < -0.3 is 20.1 Å². The summed E-state index contributed by atoms with van der Waals surface area (Å²) >= 11 is 0. The first-order chi connectivity index (χ1) is 16.4.